The minimum atomic E-state index is 0.0556. The molecule has 1 aromatic heterocycles. The predicted molar refractivity (Wildman–Crippen MR) is 101 cm³/mol. The molecule has 6 heteroatoms. The lowest BCUT2D eigenvalue weighted by atomic mass is 9.73. The third-order valence-corrected chi connectivity index (χ3v) is 6.41. The van der Waals surface area contributed by atoms with Gasteiger partial charge in [-0.1, -0.05) is 0 Å². The lowest BCUT2D eigenvalue weighted by molar-refractivity contribution is -0.147. The summed E-state index contributed by atoms with van der Waals surface area (Å²) in [5, 5.41) is 0. The number of amides is 2. The summed E-state index contributed by atoms with van der Waals surface area (Å²) in [5.74, 6) is 0.646. The fraction of sp³-hybridized carbons (Fsp3) is 0.667. The van der Waals surface area contributed by atoms with Crippen LogP contribution in [-0.2, 0) is 20.9 Å². The van der Waals surface area contributed by atoms with Gasteiger partial charge in [-0.05, 0) is 49.8 Å². The highest BCUT2D eigenvalue weighted by molar-refractivity contribution is 5.79. The molecule has 2 amide bonds. The predicted octanol–water partition coefficient (Wildman–Crippen LogP) is 2.24. The van der Waals surface area contributed by atoms with E-state index >= 15 is 0 Å². The van der Waals surface area contributed by atoms with Gasteiger partial charge in [-0.3, -0.25) is 14.6 Å². The SMILES string of the molecule is O=C1CC[C@]2(CCCN(C(=O)C3CCOCC3)C2)CN1Cc1ccncc1. The Morgan fingerprint density at radius 3 is 2.74 bits per heavy atom. The van der Waals surface area contributed by atoms with Crippen molar-refractivity contribution in [2.45, 2.75) is 45.1 Å². The lowest BCUT2D eigenvalue weighted by Crippen LogP contribution is -2.55. The minimum absolute atomic E-state index is 0.0556. The summed E-state index contributed by atoms with van der Waals surface area (Å²) >= 11 is 0. The zero-order valence-corrected chi connectivity index (χ0v) is 15.9. The Morgan fingerprint density at radius 1 is 1.19 bits per heavy atom. The van der Waals surface area contributed by atoms with Crippen LogP contribution < -0.4 is 0 Å². The molecule has 146 valence electrons. The lowest BCUT2D eigenvalue weighted by Gasteiger charge is -2.49. The van der Waals surface area contributed by atoms with Gasteiger partial charge in [-0.15, -0.1) is 0 Å². The van der Waals surface area contributed by atoms with Crippen molar-refractivity contribution in [2.75, 3.05) is 32.8 Å². The fourth-order valence-corrected chi connectivity index (χ4v) is 4.89. The molecule has 0 aromatic carbocycles. The van der Waals surface area contributed by atoms with Gasteiger partial charge >= 0.3 is 0 Å². The Morgan fingerprint density at radius 2 is 1.96 bits per heavy atom. The van der Waals surface area contributed by atoms with Gasteiger partial charge in [0, 0.05) is 69.5 Å². The first-order valence-electron chi connectivity index (χ1n) is 10.2. The number of nitrogens with zero attached hydrogens (tertiary/aromatic N) is 3. The van der Waals surface area contributed by atoms with Gasteiger partial charge in [-0.25, -0.2) is 0 Å². The zero-order valence-electron chi connectivity index (χ0n) is 15.9. The van der Waals surface area contributed by atoms with Crippen LogP contribution in [0, 0.1) is 11.3 Å². The number of aromatic nitrogens is 1. The van der Waals surface area contributed by atoms with Crippen molar-refractivity contribution in [3.63, 3.8) is 0 Å². The highest BCUT2D eigenvalue weighted by Crippen LogP contribution is 2.40. The first-order valence-corrected chi connectivity index (χ1v) is 10.2. The molecular weight excluding hydrogens is 342 g/mol. The average molecular weight is 371 g/mol. The molecular formula is C21H29N3O3. The van der Waals surface area contributed by atoms with Crippen molar-refractivity contribution in [1.82, 2.24) is 14.8 Å². The molecule has 3 saturated heterocycles. The van der Waals surface area contributed by atoms with Crippen LogP contribution >= 0.6 is 0 Å². The number of piperidine rings is 2. The Labute approximate surface area is 160 Å². The molecule has 0 bridgehead atoms. The number of hydrogen-bond acceptors (Lipinski definition) is 4. The van der Waals surface area contributed by atoms with Crippen LogP contribution in [0.25, 0.3) is 0 Å². The smallest absolute Gasteiger partial charge is 0.225 e. The molecule has 1 aromatic rings. The Balaban J connectivity index is 1.43. The first kappa shape index (κ1) is 18.4. The Kier molecular flexibility index (Phi) is 5.43. The summed E-state index contributed by atoms with van der Waals surface area (Å²) in [6.45, 7) is 4.44. The minimum Gasteiger partial charge on any atom is -0.381 e. The van der Waals surface area contributed by atoms with Gasteiger partial charge < -0.3 is 14.5 Å². The van der Waals surface area contributed by atoms with Crippen LogP contribution in [0.2, 0.25) is 0 Å². The van der Waals surface area contributed by atoms with Crippen molar-refractivity contribution < 1.29 is 14.3 Å². The average Bonchev–Trinajstić information content (AvgIpc) is 2.72. The summed E-state index contributed by atoms with van der Waals surface area (Å²) < 4.78 is 5.41. The van der Waals surface area contributed by atoms with Gasteiger partial charge in [0.2, 0.25) is 11.8 Å². The molecule has 1 atom stereocenters. The number of hydrogen-bond donors (Lipinski definition) is 0. The molecule has 0 unspecified atom stereocenters. The van der Waals surface area contributed by atoms with Crippen LogP contribution in [0.1, 0.15) is 44.1 Å². The summed E-state index contributed by atoms with van der Waals surface area (Å²) in [5.41, 5.74) is 1.17. The Bertz CT molecular complexity index is 675. The molecule has 0 aliphatic carbocycles. The summed E-state index contributed by atoms with van der Waals surface area (Å²) in [4.78, 5) is 33.6. The number of likely N-dealkylation sites (tertiary alicyclic amines) is 2. The van der Waals surface area contributed by atoms with Gasteiger partial charge in [0.05, 0.1) is 0 Å². The number of rotatable bonds is 3. The fourth-order valence-electron chi connectivity index (χ4n) is 4.89. The summed E-state index contributed by atoms with van der Waals surface area (Å²) in [6.07, 6.45) is 8.85. The Hall–Kier alpha value is -1.95. The normalized spacial score (nSPS) is 27.2. The number of carbonyl (C=O) groups excluding carboxylic acids is 2. The van der Waals surface area contributed by atoms with E-state index in [9.17, 15) is 9.59 Å². The molecule has 27 heavy (non-hydrogen) atoms. The second-order valence-corrected chi connectivity index (χ2v) is 8.36. The van der Waals surface area contributed by atoms with E-state index in [1.54, 1.807) is 12.4 Å². The van der Waals surface area contributed by atoms with E-state index in [4.69, 9.17) is 4.74 Å². The molecule has 3 aliphatic rings. The monoisotopic (exact) mass is 371 g/mol. The van der Waals surface area contributed by atoms with Crippen LogP contribution in [0.5, 0.6) is 0 Å². The van der Waals surface area contributed by atoms with E-state index in [-0.39, 0.29) is 17.2 Å². The highest BCUT2D eigenvalue weighted by atomic mass is 16.5. The third kappa shape index (κ3) is 4.15. The molecule has 4 rings (SSSR count). The quantitative estimate of drug-likeness (QED) is 0.817. The van der Waals surface area contributed by atoms with E-state index in [1.807, 2.05) is 17.0 Å². The van der Waals surface area contributed by atoms with Gasteiger partial charge in [0.1, 0.15) is 0 Å². The number of pyridine rings is 1. The molecule has 3 fully saturated rings. The summed E-state index contributed by atoms with van der Waals surface area (Å²) in [6, 6.07) is 3.94. The standard InChI is InChI=1S/C21H29N3O3/c25-19-2-8-21(16-24(19)14-17-3-9-22-10-4-17)7-1-11-23(15-21)20(26)18-5-12-27-13-6-18/h3-4,9-10,18H,1-2,5-8,11-16H2/t21-/m0/s1. The van der Waals surface area contributed by atoms with Crippen LogP contribution in [0.3, 0.4) is 0 Å². The molecule has 6 nitrogen and oxygen atoms in total. The van der Waals surface area contributed by atoms with E-state index in [2.05, 4.69) is 9.88 Å². The molecule has 4 heterocycles. The van der Waals surface area contributed by atoms with Crippen molar-refractivity contribution in [2.24, 2.45) is 11.3 Å². The van der Waals surface area contributed by atoms with E-state index in [0.717, 1.165) is 57.3 Å². The van der Waals surface area contributed by atoms with Crippen molar-refractivity contribution >= 4 is 11.8 Å². The van der Waals surface area contributed by atoms with Crippen molar-refractivity contribution in [3.8, 4) is 0 Å². The van der Waals surface area contributed by atoms with Gasteiger partial charge in [0.15, 0.2) is 0 Å². The van der Waals surface area contributed by atoms with Crippen LogP contribution in [0.4, 0.5) is 0 Å². The van der Waals surface area contributed by atoms with Crippen LogP contribution in [0.15, 0.2) is 24.5 Å². The first-order chi connectivity index (χ1) is 13.2. The number of ether oxygens (including phenoxy) is 1. The van der Waals surface area contributed by atoms with E-state index in [0.29, 0.717) is 32.1 Å². The molecule has 0 radical (unpaired) electrons. The second kappa shape index (κ2) is 7.97. The van der Waals surface area contributed by atoms with E-state index in [1.165, 1.54) is 0 Å². The third-order valence-electron chi connectivity index (χ3n) is 6.41. The maximum Gasteiger partial charge on any atom is 0.225 e. The van der Waals surface area contributed by atoms with Crippen molar-refractivity contribution in [3.05, 3.63) is 30.1 Å². The van der Waals surface area contributed by atoms with E-state index < -0.39 is 0 Å². The molecule has 0 N–H and O–H groups in total. The molecule has 3 aliphatic heterocycles. The summed E-state index contributed by atoms with van der Waals surface area (Å²) in [7, 11) is 0. The molecule has 1 spiro atoms. The maximum atomic E-state index is 13.0. The largest absolute Gasteiger partial charge is 0.381 e. The van der Waals surface area contributed by atoms with Crippen LogP contribution in [-0.4, -0.2) is 59.4 Å². The maximum absolute atomic E-state index is 13.0. The topological polar surface area (TPSA) is 62.7 Å². The van der Waals surface area contributed by atoms with Crippen molar-refractivity contribution in [1.29, 1.82) is 0 Å². The van der Waals surface area contributed by atoms with Gasteiger partial charge in [-0.2, -0.15) is 0 Å². The highest BCUT2D eigenvalue weighted by Gasteiger charge is 2.43. The van der Waals surface area contributed by atoms with Gasteiger partial charge in [0.25, 0.3) is 0 Å². The number of carbonyl (C=O) groups is 2. The molecule has 0 saturated carbocycles. The zero-order chi connectivity index (χ0) is 18.7. The second-order valence-electron chi connectivity index (χ2n) is 8.36.